The fourth-order valence-electron chi connectivity index (χ4n) is 5.14. The minimum atomic E-state index is -0.542. The number of fused-ring (bicyclic) bond motifs is 2. The molecule has 12 nitrogen and oxygen atoms in total. The maximum absolute atomic E-state index is 13.4. The summed E-state index contributed by atoms with van der Waals surface area (Å²) in [4.78, 5) is 45.6. The van der Waals surface area contributed by atoms with Gasteiger partial charge in [-0.3, -0.25) is 9.78 Å². The summed E-state index contributed by atoms with van der Waals surface area (Å²) in [7, 11) is 0. The van der Waals surface area contributed by atoms with Gasteiger partial charge in [0.2, 0.25) is 11.8 Å². The van der Waals surface area contributed by atoms with Gasteiger partial charge in [0.15, 0.2) is 11.5 Å². The van der Waals surface area contributed by atoms with E-state index >= 15 is 0 Å². The van der Waals surface area contributed by atoms with Crippen LogP contribution in [0.2, 0.25) is 0 Å². The van der Waals surface area contributed by atoms with Crippen molar-refractivity contribution in [2.24, 2.45) is 0 Å². The smallest absolute Gasteiger partial charge is 0.410 e. The van der Waals surface area contributed by atoms with Crippen molar-refractivity contribution < 1.29 is 14.3 Å². The fourth-order valence-corrected chi connectivity index (χ4v) is 5.14. The van der Waals surface area contributed by atoms with Crippen molar-refractivity contribution in [1.29, 1.82) is 0 Å². The highest BCUT2D eigenvalue weighted by Crippen LogP contribution is 2.24. The third-order valence-corrected chi connectivity index (χ3v) is 7.18. The number of nitrogens with one attached hydrogen (secondary N) is 1. The summed E-state index contributed by atoms with van der Waals surface area (Å²) in [5.41, 5.74) is 0.399. The number of nitrogens with zero attached hydrogens (tertiary/aromatic N) is 7. The minimum Gasteiger partial charge on any atom is -0.474 e. The molecule has 0 atom stereocenters. The maximum Gasteiger partial charge on any atom is 0.410 e. The third kappa shape index (κ3) is 6.10. The molecule has 1 N–H and O–H groups in total. The second-order valence-corrected chi connectivity index (χ2v) is 11.6. The molecule has 0 bridgehead atoms. The average molecular weight is 595 g/mol. The van der Waals surface area contributed by atoms with Crippen LogP contribution in [0.3, 0.4) is 0 Å². The summed E-state index contributed by atoms with van der Waals surface area (Å²) in [6.07, 6.45) is 7.57. The van der Waals surface area contributed by atoms with Crippen molar-refractivity contribution in [3.8, 4) is 11.7 Å². The number of carbonyl (C=O) groups excluding carboxylic acids is 1. The molecule has 4 aromatic heterocycles. The van der Waals surface area contributed by atoms with E-state index in [0.29, 0.717) is 54.6 Å². The van der Waals surface area contributed by atoms with Crippen LogP contribution in [0.15, 0.2) is 78.5 Å². The van der Waals surface area contributed by atoms with Crippen molar-refractivity contribution in [2.75, 3.05) is 18.4 Å². The number of allylic oxidation sites excluding steroid dienone is 1. The monoisotopic (exact) mass is 594 g/mol. The molecule has 6 rings (SSSR count). The molecule has 0 aliphatic carbocycles. The Kier molecular flexibility index (Phi) is 7.73. The lowest BCUT2D eigenvalue weighted by Crippen LogP contribution is -2.44. The summed E-state index contributed by atoms with van der Waals surface area (Å²) >= 11 is 0. The maximum atomic E-state index is 13.4. The zero-order valence-electron chi connectivity index (χ0n) is 24.9. The highest BCUT2D eigenvalue weighted by atomic mass is 16.6. The van der Waals surface area contributed by atoms with E-state index in [1.165, 1.54) is 10.9 Å². The number of ether oxygens (including phenoxy) is 2. The largest absolute Gasteiger partial charge is 0.474 e. The number of rotatable bonds is 7. The van der Waals surface area contributed by atoms with Crippen molar-refractivity contribution in [2.45, 2.75) is 51.9 Å². The van der Waals surface area contributed by atoms with Crippen LogP contribution in [0.1, 0.15) is 33.6 Å². The van der Waals surface area contributed by atoms with Gasteiger partial charge in [-0.05, 0) is 50.4 Å². The zero-order chi connectivity index (χ0) is 30.8. The summed E-state index contributed by atoms with van der Waals surface area (Å²) in [6.45, 7) is 10.7. The highest BCUT2D eigenvalue weighted by Gasteiger charge is 2.28. The number of amides is 1. The van der Waals surface area contributed by atoms with E-state index in [0.717, 1.165) is 16.5 Å². The summed E-state index contributed by atoms with van der Waals surface area (Å²) in [5, 5.41) is 5.64. The number of piperidine rings is 1. The van der Waals surface area contributed by atoms with Crippen LogP contribution >= 0.6 is 0 Å². The van der Waals surface area contributed by atoms with Crippen LogP contribution in [-0.2, 0) is 11.3 Å². The van der Waals surface area contributed by atoms with E-state index < -0.39 is 5.60 Å². The first-order valence-electron chi connectivity index (χ1n) is 14.5. The van der Waals surface area contributed by atoms with Gasteiger partial charge < -0.3 is 19.7 Å². The quantitative estimate of drug-likeness (QED) is 0.252. The van der Waals surface area contributed by atoms with Gasteiger partial charge in [-0.25, -0.2) is 19.1 Å². The lowest BCUT2D eigenvalue weighted by Gasteiger charge is -2.33. The van der Waals surface area contributed by atoms with Crippen LogP contribution in [0.25, 0.3) is 27.6 Å². The van der Waals surface area contributed by atoms with Gasteiger partial charge >= 0.3 is 6.09 Å². The van der Waals surface area contributed by atoms with Crippen molar-refractivity contribution in [1.82, 2.24) is 34.2 Å². The Balaban J connectivity index is 1.26. The predicted molar refractivity (Wildman–Crippen MR) is 168 cm³/mol. The molecule has 1 fully saturated rings. The lowest BCUT2D eigenvalue weighted by molar-refractivity contribution is 0.0123. The van der Waals surface area contributed by atoms with E-state index in [1.54, 1.807) is 40.2 Å². The zero-order valence-corrected chi connectivity index (χ0v) is 24.9. The number of carbonyl (C=O) groups is 1. The Bertz CT molecular complexity index is 1900. The molecule has 1 saturated heterocycles. The Morgan fingerprint density at radius 1 is 1.09 bits per heavy atom. The molecule has 5 aromatic rings. The van der Waals surface area contributed by atoms with Gasteiger partial charge in [0.05, 0.1) is 6.54 Å². The Labute approximate surface area is 254 Å². The molecule has 0 unspecified atom stereocenters. The van der Waals surface area contributed by atoms with Gasteiger partial charge in [-0.15, -0.1) is 6.58 Å². The fraction of sp³-hybridized carbons (Fsp3) is 0.312. The standard InChI is InChI=1S/C32H34N8O4/c1-5-15-39-29(41)25-20-34-30(35-23-10-9-22-19-33-14-11-21(22)18-23)37-28(25)40(39)26-7-6-8-27(36-26)43-24-12-16-38(17-13-24)31(42)44-32(2,3)4/h5-11,14,18-20,24H,1,12-13,15-17H2,2-4H3,(H,34,35,37). The third-order valence-electron chi connectivity index (χ3n) is 7.18. The van der Waals surface area contributed by atoms with E-state index in [-0.39, 0.29) is 24.3 Å². The van der Waals surface area contributed by atoms with Crippen molar-refractivity contribution in [3.05, 3.63) is 84.1 Å². The van der Waals surface area contributed by atoms with Crippen LogP contribution in [0.5, 0.6) is 5.88 Å². The van der Waals surface area contributed by atoms with Gasteiger partial charge in [0, 0.05) is 61.7 Å². The second kappa shape index (κ2) is 11.8. The van der Waals surface area contributed by atoms with Crippen molar-refractivity contribution in [3.63, 3.8) is 0 Å². The molecule has 0 radical (unpaired) electrons. The number of benzene rings is 1. The second-order valence-electron chi connectivity index (χ2n) is 11.6. The summed E-state index contributed by atoms with van der Waals surface area (Å²) < 4.78 is 14.9. The SMILES string of the molecule is C=CCn1c(=O)c2cnc(Nc3ccc4cnccc4c3)nc2n1-c1cccc(OC2CCN(C(=O)OC(C)(C)C)CC2)n1. The molecule has 0 saturated carbocycles. The van der Waals surface area contributed by atoms with E-state index in [2.05, 4.69) is 21.9 Å². The van der Waals surface area contributed by atoms with Gasteiger partial charge in [-0.2, -0.15) is 9.97 Å². The van der Waals surface area contributed by atoms with Gasteiger partial charge in [-0.1, -0.05) is 18.2 Å². The van der Waals surface area contributed by atoms with Crippen molar-refractivity contribution >= 4 is 39.5 Å². The molecular formula is C32H34N8O4. The molecule has 44 heavy (non-hydrogen) atoms. The van der Waals surface area contributed by atoms with E-state index in [1.807, 2.05) is 51.1 Å². The molecule has 0 spiro atoms. The van der Waals surface area contributed by atoms with E-state index in [4.69, 9.17) is 19.4 Å². The molecular weight excluding hydrogens is 560 g/mol. The van der Waals surface area contributed by atoms with E-state index in [9.17, 15) is 9.59 Å². The molecule has 1 amide bonds. The first-order valence-corrected chi connectivity index (χ1v) is 14.5. The Hall–Kier alpha value is -5.26. The number of pyridine rings is 2. The minimum absolute atomic E-state index is 0.121. The molecule has 1 aromatic carbocycles. The normalized spacial score (nSPS) is 14.1. The van der Waals surface area contributed by atoms with Crippen LogP contribution in [0.4, 0.5) is 16.4 Å². The first-order chi connectivity index (χ1) is 21.2. The molecule has 1 aliphatic rings. The highest BCUT2D eigenvalue weighted by molar-refractivity contribution is 5.85. The Morgan fingerprint density at radius 2 is 1.91 bits per heavy atom. The lowest BCUT2D eigenvalue weighted by atomic mass is 10.1. The number of hydrogen-bond acceptors (Lipinski definition) is 9. The van der Waals surface area contributed by atoms with Gasteiger partial charge in [0.25, 0.3) is 5.56 Å². The summed E-state index contributed by atoms with van der Waals surface area (Å²) in [6, 6.07) is 13.2. The van der Waals surface area contributed by atoms with Gasteiger partial charge in [0.1, 0.15) is 17.1 Å². The average Bonchev–Trinajstić information content (AvgIpc) is 3.27. The van der Waals surface area contributed by atoms with Crippen LogP contribution < -0.4 is 15.6 Å². The molecule has 5 heterocycles. The number of anilines is 2. The predicted octanol–water partition coefficient (Wildman–Crippen LogP) is 5.23. The number of aromatic nitrogens is 6. The molecule has 1 aliphatic heterocycles. The Morgan fingerprint density at radius 3 is 2.68 bits per heavy atom. The summed E-state index contributed by atoms with van der Waals surface area (Å²) in [5.74, 6) is 1.21. The first kappa shape index (κ1) is 28.8. The molecule has 12 heteroatoms. The molecule has 226 valence electrons. The topological polar surface area (TPSA) is 129 Å². The number of likely N-dealkylation sites (tertiary alicyclic amines) is 1. The van der Waals surface area contributed by atoms with Crippen LogP contribution in [-0.4, -0.2) is 65.1 Å². The van der Waals surface area contributed by atoms with Crippen LogP contribution in [0, 0.1) is 0 Å². The number of hydrogen-bond donors (Lipinski definition) is 1.